The number of methoxy groups -OCH3 is 1. The Morgan fingerprint density at radius 3 is 2.68 bits per heavy atom. The molecule has 0 unspecified atom stereocenters. The Balaban J connectivity index is 1.96. The number of hydrogen-bond donors (Lipinski definition) is 0. The minimum Gasteiger partial charge on any atom is -0.496 e. The van der Waals surface area contributed by atoms with Crippen LogP contribution in [-0.2, 0) is 4.79 Å². The number of amidine groups is 1. The number of thioether (sulfide) groups is 1. The van der Waals surface area contributed by atoms with Crippen LogP contribution < -0.4 is 4.74 Å². The van der Waals surface area contributed by atoms with E-state index in [4.69, 9.17) is 9.73 Å². The number of para-hydroxylation sites is 1. The lowest BCUT2D eigenvalue weighted by molar-refractivity contribution is -0.121. The molecule has 0 N–H and O–H groups in total. The van der Waals surface area contributed by atoms with Gasteiger partial charge < -0.3 is 4.74 Å². The molecule has 25 heavy (non-hydrogen) atoms. The molecule has 0 saturated carbocycles. The molecule has 1 fully saturated rings. The van der Waals surface area contributed by atoms with Crippen molar-refractivity contribution < 1.29 is 9.53 Å². The van der Waals surface area contributed by atoms with E-state index < -0.39 is 0 Å². The molecule has 2 aromatic rings. The predicted molar refractivity (Wildman–Crippen MR) is 104 cm³/mol. The summed E-state index contributed by atoms with van der Waals surface area (Å²) in [4.78, 5) is 19.5. The summed E-state index contributed by atoms with van der Waals surface area (Å²) in [6.45, 7) is 4.05. The molecule has 4 nitrogen and oxygen atoms in total. The zero-order chi connectivity index (χ0) is 18.0. The van der Waals surface area contributed by atoms with Crippen molar-refractivity contribution >= 4 is 34.6 Å². The van der Waals surface area contributed by atoms with E-state index in [0.29, 0.717) is 10.1 Å². The van der Waals surface area contributed by atoms with Gasteiger partial charge in [-0.05, 0) is 54.9 Å². The normalized spacial score (nSPS) is 17.6. The van der Waals surface area contributed by atoms with Crippen molar-refractivity contribution in [3.63, 3.8) is 0 Å². The van der Waals surface area contributed by atoms with E-state index in [1.54, 1.807) is 19.1 Å². The van der Waals surface area contributed by atoms with Gasteiger partial charge in [-0.2, -0.15) is 0 Å². The van der Waals surface area contributed by atoms with Gasteiger partial charge in [-0.3, -0.25) is 9.69 Å². The Kier molecular flexibility index (Phi) is 4.95. The fourth-order valence-electron chi connectivity index (χ4n) is 2.52. The third-order valence-corrected chi connectivity index (χ3v) is 5.07. The summed E-state index contributed by atoms with van der Waals surface area (Å²) >= 11 is 1.38. The largest absolute Gasteiger partial charge is 0.496 e. The minimum atomic E-state index is -0.0556. The van der Waals surface area contributed by atoms with Gasteiger partial charge in [0.15, 0.2) is 5.17 Å². The summed E-state index contributed by atoms with van der Waals surface area (Å²) in [5, 5.41) is 0.680. The van der Waals surface area contributed by atoms with Crippen molar-refractivity contribution in [1.82, 2.24) is 4.90 Å². The molecule has 1 aliphatic heterocycles. The maximum atomic E-state index is 12.6. The van der Waals surface area contributed by atoms with E-state index in [0.717, 1.165) is 28.1 Å². The van der Waals surface area contributed by atoms with Crippen LogP contribution in [0, 0.1) is 13.8 Å². The summed E-state index contributed by atoms with van der Waals surface area (Å²) < 4.78 is 5.36. The smallest absolute Gasteiger partial charge is 0.266 e. The second-order valence-electron chi connectivity index (χ2n) is 5.90. The van der Waals surface area contributed by atoms with Crippen LogP contribution in [0.2, 0.25) is 0 Å². The van der Waals surface area contributed by atoms with Crippen molar-refractivity contribution in [1.29, 1.82) is 0 Å². The van der Waals surface area contributed by atoms with Crippen LogP contribution in [0.4, 0.5) is 5.69 Å². The zero-order valence-electron chi connectivity index (χ0n) is 14.7. The molecule has 1 aliphatic rings. The van der Waals surface area contributed by atoms with E-state index in [9.17, 15) is 4.79 Å². The molecule has 1 saturated heterocycles. The van der Waals surface area contributed by atoms with Gasteiger partial charge >= 0.3 is 0 Å². The van der Waals surface area contributed by atoms with Crippen LogP contribution in [-0.4, -0.2) is 30.1 Å². The van der Waals surface area contributed by atoms with Gasteiger partial charge in [0.1, 0.15) is 5.75 Å². The standard InChI is InChI=1S/C20H20N2O2S/c1-13-9-10-14(2)16(11-13)21-20-22(3)19(23)18(25-20)12-15-7-5-6-8-17(15)24-4/h5-12H,1-4H3. The first-order valence-electron chi connectivity index (χ1n) is 7.96. The molecular weight excluding hydrogens is 332 g/mol. The zero-order valence-corrected chi connectivity index (χ0v) is 15.6. The van der Waals surface area contributed by atoms with Gasteiger partial charge in [-0.1, -0.05) is 30.3 Å². The lowest BCUT2D eigenvalue weighted by Gasteiger charge is -2.08. The third kappa shape index (κ3) is 3.61. The van der Waals surface area contributed by atoms with Gasteiger partial charge in [0.05, 0.1) is 17.7 Å². The van der Waals surface area contributed by atoms with Gasteiger partial charge in [0, 0.05) is 12.6 Å². The molecule has 1 amide bonds. The Morgan fingerprint density at radius 2 is 1.92 bits per heavy atom. The Labute approximate surface area is 152 Å². The highest BCUT2D eigenvalue weighted by Gasteiger charge is 2.30. The summed E-state index contributed by atoms with van der Waals surface area (Å²) in [5.74, 6) is 0.686. The number of carbonyl (C=O) groups excluding carboxylic acids is 1. The van der Waals surface area contributed by atoms with Gasteiger partial charge in [-0.25, -0.2) is 4.99 Å². The van der Waals surface area contributed by atoms with Gasteiger partial charge in [-0.15, -0.1) is 0 Å². The monoisotopic (exact) mass is 352 g/mol. The number of nitrogens with zero attached hydrogens (tertiary/aromatic N) is 2. The number of benzene rings is 2. The van der Waals surface area contributed by atoms with Crippen molar-refractivity contribution in [2.75, 3.05) is 14.2 Å². The molecule has 0 atom stereocenters. The molecule has 0 bridgehead atoms. The number of aliphatic imine (C=N–C) groups is 1. The average Bonchev–Trinajstić information content (AvgIpc) is 2.87. The highest BCUT2D eigenvalue weighted by atomic mass is 32.2. The second-order valence-corrected chi connectivity index (χ2v) is 6.91. The van der Waals surface area contributed by atoms with E-state index in [2.05, 4.69) is 6.07 Å². The summed E-state index contributed by atoms with van der Waals surface area (Å²) in [6, 6.07) is 13.8. The predicted octanol–water partition coefficient (Wildman–Crippen LogP) is 4.55. The average molecular weight is 352 g/mol. The first-order valence-corrected chi connectivity index (χ1v) is 8.78. The topological polar surface area (TPSA) is 41.9 Å². The van der Waals surface area contributed by atoms with Crippen molar-refractivity contribution in [3.05, 3.63) is 64.1 Å². The van der Waals surface area contributed by atoms with Crippen LogP contribution >= 0.6 is 11.8 Å². The van der Waals surface area contributed by atoms with E-state index in [1.807, 2.05) is 56.3 Å². The van der Waals surface area contributed by atoms with Crippen LogP contribution in [0.25, 0.3) is 6.08 Å². The van der Waals surface area contributed by atoms with Crippen LogP contribution in [0.1, 0.15) is 16.7 Å². The fourth-order valence-corrected chi connectivity index (χ4v) is 3.49. The third-order valence-electron chi connectivity index (χ3n) is 4.01. The molecule has 0 aliphatic carbocycles. The second kappa shape index (κ2) is 7.15. The molecular formula is C20H20N2O2S. The number of ether oxygens (including phenoxy) is 1. The highest BCUT2D eigenvalue weighted by molar-refractivity contribution is 8.18. The molecule has 0 aromatic heterocycles. The van der Waals surface area contributed by atoms with E-state index >= 15 is 0 Å². The number of carbonyl (C=O) groups is 1. The quantitative estimate of drug-likeness (QED) is 0.761. The van der Waals surface area contributed by atoms with Crippen molar-refractivity contribution in [3.8, 4) is 5.75 Å². The molecule has 1 heterocycles. The fraction of sp³-hybridized carbons (Fsp3) is 0.200. The molecule has 128 valence electrons. The number of hydrogen-bond acceptors (Lipinski definition) is 4. The summed E-state index contributed by atoms with van der Waals surface area (Å²) in [7, 11) is 3.38. The molecule has 5 heteroatoms. The van der Waals surface area contributed by atoms with Gasteiger partial charge in [0.25, 0.3) is 5.91 Å². The van der Waals surface area contributed by atoms with Crippen LogP contribution in [0.15, 0.2) is 52.4 Å². The first-order chi connectivity index (χ1) is 12.0. The number of aryl methyl sites for hydroxylation is 2. The Bertz CT molecular complexity index is 887. The number of likely N-dealkylation sites (N-methyl/N-ethyl adjacent to an activating group) is 1. The van der Waals surface area contributed by atoms with E-state index in [1.165, 1.54) is 11.8 Å². The number of amides is 1. The van der Waals surface area contributed by atoms with Crippen LogP contribution in [0.3, 0.4) is 0 Å². The highest BCUT2D eigenvalue weighted by Crippen LogP contribution is 2.35. The van der Waals surface area contributed by atoms with Gasteiger partial charge in [0.2, 0.25) is 0 Å². The SMILES string of the molecule is COc1ccccc1C=C1SC(=Nc2cc(C)ccc2C)N(C)C1=O. The minimum absolute atomic E-state index is 0.0556. The van der Waals surface area contributed by atoms with Crippen LogP contribution in [0.5, 0.6) is 5.75 Å². The summed E-state index contributed by atoms with van der Waals surface area (Å²) in [5.41, 5.74) is 4.00. The molecule has 2 aromatic carbocycles. The molecule has 0 radical (unpaired) electrons. The van der Waals surface area contributed by atoms with Crippen molar-refractivity contribution in [2.45, 2.75) is 13.8 Å². The lowest BCUT2D eigenvalue weighted by atomic mass is 10.1. The Hall–Kier alpha value is -2.53. The number of rotatable bonds is 3. The molecule has 0 spiro atoms. The Morgan fingerprint density at radius 1 is 1.16 bits per heavy atom. The lowest BCUT2D eigenvalue weighted by Crippen LogP contribution is -2.23. The summed E-state index contributed by atoms with van der Waals surface area (Å²) in [6.07, 6.45) is 1.86. The van der Waals surface area contributed by atoms with E-state index in [-0.39, 0.29) is 5.91 Å². The maximum absolute atomic E-state index is 12.6. The maximum Gasteiger partial charge on any atom is 0.266 e. The molecule has 3 rings (SSSR count). The first kappa shape index (κ1) is 17.3. The van der Waals surface area contributed by atoms with Crippen molar-refractivity contribution in [2.24, 2.45) is 4.99 Å².